The minimum atomic E-state index is -0.840. The monoisotopic (exact) mass is 591 g/mol. The van der Waals surface area contributed by atoms with Crippen molar-refractivity contribution in [3.63, 3.8) is 0 Å². The SMILES string of the molecule is O=C(NC1CCc2ccc(C(=O)N3CCC4(CC3)CCN(C(=O)c3ccc(F)cc3F)CC4)cc21)c1ccccc1Cl. The molecule has 1 spiro atoms. The van der Waals surface area contributed by atoms with Crippen LogP contribution in [0.3, 0.4) is 0 Å². The maximum atomic E-state index is 14.1. The van der Waals surface area contributed by atoms with Gasteiger partial charge in [-0.3, -0.25) is 14.4 Å². The van der Waals surface area contributed by atoms with Crippen LogP contribution in [0, 0.1) is 17.0 Å². The number of aryl methyl sites for hydroxylation is 1. The zero-order valence-electron chi connectivity index (χ0n) is 23.2. The summed E-state index contributed by atoms with van der Waals surface area (Å²) < 4.78 is 27.4. The van der Waals surface area contributed by atoms with Crippen LogP contribution in [-0.4, -0.2) is 53.7 Å². The number of halogens is 3. The smallest absolute Gasteiger partial charge is 0.256 e. The molecule has 218 valence electrons. The number of nitrogens with one attached hydrogen (secondary N) is 1. The third-order valence-electron chi connectivity index (χ3n) is 9.28. The molecule has 2 heterocycles. The molecule has 2 fully saturated rings. The van der Waals surface area contributed by atoms with Crippen molar-refractivity contribution in [1.82, 2.24) is 15.1 Å². The Morgan fingerprint density at radius 2 is 1.48 bits per heavy atom. The Morgan fingerprint density at radius 1 is 0.810 bits per heavy atom. The topological polar surface area (TPSA) is 69.7 Å². The van der Waals surface area contributed by atoms with Gasteiger partial charge in [-0.25, -0.2) is 8.78 Å². The molecule has 0 saturated carbocycles. The van der Waals surface area contributed by atoms with Crippen LogP contribution in [0.1, 0.15) is 80.3 Å². The van der Waals surface area contributed by atoms with Gasteiger partial charge in [0, 0.05) is 37.8 Å². The minimum Gasteiger partial charge on any atom is -0.345 e. The van der Waals surface area contributed by atoms with Crippen molar-refractivity contribution in [2.75, 3.05) is 26.2 Å². The van der Waals surface area contributed by atoms with Gasteiger partial charge >= 0.3 is 0 Å². The van der Waals surface area contributed by atoms with E-state index in [0.29, 0.717) is 42.3 Å². The fraction of sp³-hybridized carbons (Fsp3) is 0.364. The van der Waals surface area contributed by atoms with Gasteiger partial charge in [0.2, 0.25) is 0 Å². The maximum Gasteiger partial charge on any atom is 0.256 e. The molecule has 6 rings (SSSR count). The molecule has 42 heavy (non-hydrogen) atoms. The van der Waals surface area contributed by atoms with Crippen molar-refractivity contribution in [3.05, 3.63) is 105 Å². The summed E-state index contributed by atoms with van der Waals surface area (Å²) in [5, 5.41) is 3.49. The summed E-state index contributed by atoms with van der Waals surface area (Å²) in [6.45, 7) is 2.28. The molecule has 3 amide bonds. The summed E-state index contributed by atoms with van der Waals surface area (Å²) in [5.74, 6) is -2.20. The van der Waals surface area contributed by atoms with Crippen LogP contribution in [0.5, 0.6) is 0 Å². The molecule has 2 saturated heterocycles. The lowest BCUT2D eigenvalue weighted by Gasteiger charge is -2.47. The molecule has 1 atom stereocenters. The summed E-state index contributed by atoms with van der Waals surface area (Å²) in [4.78, 5) is 42.8. The predicted octanol–water partition coefficient (Wildman–Crippen LogP) is 6.19. The first-order valence-corrected chi connectivity index (χ1v) is 14.8. The van der Waals surface area contributed by atoms with Crippen molar-refractivity contribution < 1.29 is 23.2 Å². The van der Waals surface area contributed by atoms with Crippen LogP contribution in [0.4, 0.5) is 8.78 Å². The van der Waals surface area contributed by atoms with E-state index in [0.717, 1.165) is 61.8 Å². The number of hydrogen-bond acceptors (Lipinski definition) is 3. The van der Waals surface area contributed by atoms with Crippen molar-refractivity contribution in [1.29, 1.82) is 0 Å². The van der Waals surface area contributed by atoms with Crippen LogP contribution in [0.25, 0.3) is 0 Å². The van der Waals surface area contributed by atoms with Gasteiger partial charge in [-0.05, 0) is 91.5 Å². The van der Waals surface area contributed by atoms with Crippen LogP contribution < -0.4 is 5.32 Å². The second kappa shape index (κ2) is 11.5. The highest BCUT2D eigenvalue weighted by Gasteiger charge is 2.40. The highest BCUT2D eigenvalue weighted by Crippen LogP contribution is 2.42. The lowest BCUT2D eigenvalue weighted by molar-refractivity contribution is 0.0279. The molecule has 0 radical (unpaired) electrons. The van der Waals surface area contributed by atoms with Gasteiger partial charge in [-0.15, -0.1) is 0 Å². The quantitative estimate of drug-likeness (QED) is 0.393. The molecule has 3 aliphatic rings. The average molecular weight is 592 g/mol. The summed E-state index contributed by atoms with van der Waals surface area (Å²) >= 11 is 6.21. The van der Waals surface area contributed by atoms with E-state index in [1.165, 1.54) is 6.07 Å². The molecule has 1 unspecified atom stereocenters. The van der Waals surface area contributed by atoms with Gasteiger partial charge in [0.25, 0.3) is 17.7 Å². The number of nitrogens with zero attached hydrogens (tertiary/aromatic N) is 2. The van der Waals surface area contributed by atoms with Gasteiger partial charge in [-0.1, -0.05) is 29.8 Å². The molecule has 3 aromatic carbocycles. The second-order valence-corrected chi connectivity index (χ2v) is 12.1. The van der Waals surface area contributed by atoms with E-state index < -0.39 is 17.5 Å². The summed E-state index contributed by atoms with van der Waals surface area (Å²) in [5.41, 5.74) is 3.10. The average Bonchev–Trinajstić information content (AvgIpc) is 3.39. The van der Waals surface area contributed by atoms with Crippen LogP contribution in [0.2, 0.25) is 5.02 Å². The summed E-state index contributed by atoms with van der Waals surface area (Å²) in [6, 6.07) is 15.6. The number of carbonyl (C=O) groups excluding carboxylic acids is 3. The van der Waals surface area contributed by atoms with Crippen LogP contribution >= 0.6 is 11.6 Å². The number of rotatable bonds is 4. The Labute approximate surface area is 248 Å². The standard InChI is InChI=1S/C33H32ClF2N3O3/c34-27-4-2-1-3-24(27)30(40)37-29-10-7-21-5-6-22(19-26(21)29)31(41)38-15-11-33(12-16-38)13-17-39(18-14-33)32(42)25-9-8-23(35)20-28(25)36/h1-6,8-9,19-20,29H,7,10-18H2,(H,37,40). The number of benzene rings is 3. The normalized spacial score (nSPS) is 19.5. The maximum absolute atomic E-state index is 14.1. The fourth-order valence-corrected chi connectivity index (χ4v) is 6.87. The molecular weight excluding hydrogens is 560 g/mol. The highest BCUT2D eigenvalue weighted by molar-refractivity contribution is 6.33. The van der Waals surface area contributed by atoms with E-state index in [-0.39, 0.29) is 28.8 Å². The summed E-state index contributed by atoms with van der Waals surface area (Å²) in [7, 11) is 0. The van der Waals surface area contributed by atoms with E-state index in [2.05, 4.69) is 5.32 Å². The van der Waals surface area contributed by atoms with Gasteiger partial charge in [-0.2, -0.15) is 0 Å². The first kappa shape index (κ1) is 28.3. The van der Waals surface area contributed by atoms with Crippen molar-refractivity contribution in [2.24, 2.45) is 5.41 Å². The molecule has 2 aliphatic heterocycles. The first-order chi connectivity index (χ1) is 20.2. The Bertz CT molecular complexity index is 1540. The van der Waals surface area contributed by atoms with Crippen LogP contribution in [0.15, 0.2) is 60.7 Å². The Hall–Kier alpha value is -3.78. The van der Waals surface area contributed by atoms with E-state index >= 15 is 0 Å². The molecule has 1 N–H and O–H groups in total. The van der Waals surface area contributed by atoms with Gasteiger partial charge in [0.1, 0.15) is 11.6 Å². The minimum absolute atomic E-state index is 0.0184. The lowest BCUT2D eigenvalue weighted by Crippen LogP contribution is -2.49. The number of amides is 3. The van der Waals surface area contributed by atoms with Crippen LogP contribution in [-0.2, 0) is 6.42 Å². The van der Waals surface area contributed by atoms with Crippen molar-refractivity contribution in [3.8, 4) is 0 Å². The largest absolute Gasteiger partial charge is 0.345 e. The zero-order chi connectivity index (χ0) is 29.4. The van der Waals surface area contributed by atoms with Crippen molar-refractivity contribution >= 4 is 29.3 Å². The number of fused-ring (bicyclic) bond motifs is 1. The Morgan fingerprint density at radius 3 is 2.14 bits per heavy atom. The number of carbonyl (C=O) groups is 3. The molecular formula is C33H32ClF2N3O3. The second-order valence-electron chi connectivity index (χ2n) is 11.7. The molecule has 0 aromatic heterocycles. The lowest BCUT2D eigenvalue weighted by atomic mass is 9.71. The number of hydrogen-bond donors (Lipinski definition) is 1. The van der Waals surface area contributed by atoms with Gasteiger partial charge in [0.05, 0.1) is 22.2 Å². The Balaban J connectivity index is 1.06. The molecule has 3 aromatic rings. The zero-order valence-corrected chi connectivity index (χ0v) is 23.9. The third-order valence-corrected chi connectivity index (χ3v) is 9.61. The van der Waals surface area contributed by atoms with E-state index in [1.54, 1.807) is 29.2 Å². The molecule has 6 nitrogen and oxygen atoms in total. The third kappa shape index (κ3) is 5.52. The fourth-order valence-electron chi connectivity index (χ4n) is 6.65. The number of piperidine rings is 2. The molecule has 1 aliphatic carbocycles. The van der Waals surface area contributed by atoms with E-state index in [1.807, 2.05) is 23.1 Å². The Kier molecular flexibility index (Phi) is 7.75. The number of likely N-dealkylation sites (tertiary alicyclic amines) is 2. The highest BCUT2D eigenvalue weighted by atomic mass is 35.5. The summed E-state index contributed by atoms with van der Waals surface area (Å²) in [6.07, 6.45) is 4.85. The molecule has 0 bridgehead atoms. The first-order valence-electron chi connectivity index (χ1n) is 14.4. The predicted molar refractivity (Wildman–Crippen MR) is 155 cm³/mol. The van der Waals surface area contributed by atoms with E-state index in [4.69, 9.17) is 11.6 Å². The van der Waals surface area contributed by atoms with Gasteiger partial charge < -0.3 is 15.1 Å². The van der Waals surface area contributed by atoms with E-state index in [9.17, 15) is 23.2 Å². The van der Waals surface area contributed by atoms with Gasteiger partial charge in [0.15, 0.2) is 0 Å². The molecule has 9 heteroatoms. The van der Waals surface area contributed by atoms with Crippen molar-refractivity contribution in [2.45, 2.75) is 44.6 Å².